The molecular formula is C7H16O2S. The first-order valence-electron chi connectivity index (χ1n) is 3.58. The van der Waals surface area contributed by atoms with Crippen LogP contribution in [-0.2, 0) is 8.92 Å². The molecule has 1 rings (SSSR count). The van der Waals surface area contributed by atoms with Gasteiger partial charge in [-0.1, -0.05) is 6.92 Å². The van der Waals surface area contributed by atoms with E-state index < -0.39 is 0 Å². The molecule has 0 radical (unpaired) electrons. The summed E-state index contributed by atoms with van der Waals surface area (Å²) in [7, 11) is 0. The molecule has 1 unspecified atom stereocenters. The van der Waals surface area contributed by atoms with E-state index in [1.165, 1.54) is 12.0 Å². The van der Waals surface area contributed by atoms with Gasteiger partial charge < -0.3 is 8.92 Å². The highest BCUT2D eigenvalue weighted by Gasteiger charge is 2.13. The van der Waals surface area contributed by atoms with E-state index in [1.807, 2.05) is 6.26 Å². The fourth-order valence-corrected chi connectivity index (χ4v) is 0.596. The van der Waals surface area contributed by atoms with Gasteiger partial charge in [0.1, 0.15) is 0 Å². The van der Waals surface area contributed by atoms with Crippen LogP contribution >= 0.6 is 12.0 Å². The Kier molecular flexibility index (Phi) is 7.58. The number of rotatable bonds is 3. The second-order valence-corrected chi connectivity index (χ2v) is 2.70. The molecule has 1 heterocycles. The van der Waals surface area contributed by atoms with Crippen molar-refractivity contribution >= 4 is 12.0 Å². The summed E-state index contributed by atoms with van der Waals surface area (Å²) in [4.78, 5) is 0. The van der Waals surface area contributed by atoms with Gasteiger partial charge >= 0.3 is 0 Å². The quantitative estimate of drug-likeness (QED) is 0.362. The summed E-state index contributed by atoms with van der Waals surface area (Å²) < 4.78 is 9.61. The summed E-state index contributed by atoms with van der Waals surface area (Å²) in [5, 5.41) is 0. The molecule has 0 aromatic heterocycles. The highest BCUT2D eigenvalue weighted by molar-refractivity contribution is 7.93. The van der Waals surface area contributed by atoms with E-state index >= 15 is 0 Å². The highest BCUT2D eigenvalue weighted by atomic mass is 32.2. The first-order chi connectivity index (χ1) is 4.81. The second kappa shape index (κ2) is 7.38. The van der Waals surface area contributed by atoms with Gasteiger partial charge in [-0.3, -0.25) is 0 Å². The van der Waals surface area contributed by atoms with Crippen LogP contribution in [0, 0.1) is 0 Å². The molecule has 0 N–H and O–H groups in total. The van der Waals surface area contributed by atoms with E-state index in [9.17, 15) is 0 Å². The van der Waals surface area contributed by atoms with Crippen molar-refractivity contribution in [3.63, 3.8) is 0 Å². The van der Waals surface area contributed by atoms with Gasteiger partial charge in [0, 0.05) is 6.26 Å². The van der Waals surface area contributed by atoms with Crippen molar-refractivity contribution in [2.24, 2.45) is 0 Å². The van der Waals surface area contributed by atoms with Crippen molar-refractivity contribution in [3.8, 4) is 0 Å². The maximum atomic E-state index is 4.90. The maximum absolute atomic E-state index is 4.90. The smallest absolute Gasteiger partial charge is 0.0781 e. The van der Waals surface area contributed by atoms with Crippen molar-refractivity contribution in [1.29, 1.82) is 0 Å². The Morgan fingerprint density at radius 2 is 2.20 bits per heavy atom. The normalized spacial score (nSPS) is 21.3. The summed E-state index contributed by atoms with van der Waals surface area (Å²) in [5.74, 6) is 0. The van der Waals surface area contributed by atoms with Crippen LogP contribution in [0.4, 0.5) is 0 Å². The molecule has 0 bridgehead atoms. The Labute approximate surface area is 67.5 Å². The second-order valence-electron chi connectivity index (χ2n) is 2.13. The Morgan fingerprint density at radius 1 is 1.70 bits per heavy atom. The average Bonchev–Trinajstić information content (AvgIpc) is 2.69. The number of ether oxygens (including phenoxy) is 1. The predicted molar refractivity (Wildman–Crippen MR) is 45.2 cm³/mol. The molecule has 0 aliphatic carbocycles. The molecule has 0 spiro atoms. The fourth-order valence-electron chi connectivity index (χ4n) is 0.263. The molecule has 0 aromatic rings. The third-order valence-corrected chi connectivity index (χ3v) is 1.31. The van der Waals surface area contributed by atoms with Gasteiger partial charge in [0.25, 0.3) is 0 Å². The molecule has 10 heavy (non-hydrogen) atoms. The molecule has 1 aliphatic rings. The third-order valence-electron chi connectivity index (χ3n) is 0.905. The standard InChI is InChI=1S/C4H10OS.C3H6O/c1-3-4-5-6-2;1-3-2-4-3/h3-4H2,1-2H3;3H,2H2,1H3. The van der Waals surface area contributed by atoms with E-state index in [0.717, 1.165) is 19.6 Å². The molecule has 3 heteroatoms. The van der Waals surface area contributed by atoms with Gasteiger partial charge in [0.15, 0.2) is 0 Å². The van der Waals surface area contributed by atoms with Crippen molar-refractivity contribution in [1.82, 2.24) is 0 Å². The van der Waals surface area contributed by atoms with Crippen molar-refractivity contribution in [2.45, 2.75) is 26.4 Å². The van der Waals surface area contributed by atoms with E-state index in [-0.39, 0.29) is 0 Å². The Hall–Kier alpha value is 0.270. The van der Waals surface area contributed by atoms with E-state index in [4.69, 9.17) is 8.92 Å². The Morgan fingerprint density at radius 3 is 2.30 bits per heavy atom. The molecule has 2 nitrogen and oxygen atoms in total. The summed E-state index contributed by atoms with van der Waals surface area (Å²) in [5.41, 5.74) is 0. The zero-order chi connectivity index (χ0) is 7.82. The Balaban J connectivity index is 0.000000172. The monoisotopic (exact) mass is 164 g/mol. The fraction of sp³-hybridized carbons (Fsp3) is 1.00. The maximum Gasteiger partial charge on any atom is 0.0781 e. The van der Waals surface area contributed by atoms with Gasteiger partial charge in [-0.25, -0.2) is 0 Å². The van der Waals surface area contributed by atoms with Crippen LogP contribution in [-0.4, -0.2) is 25.6 Å². The van der Waals surface area contributed by atoms with E-state index in [2.05, 4.69) is 13.8 Å². The molecule has 0 amide bonds. The van der Waals surface area contributed by atoms with Crippen LogP contribution in [0.1, 0.15) is 20.3 Å². The number of epoxide rings is 1. The lowest BCUT2D eigenvalue weighted by Gasteiger charge is -1.89. The van der Waals surface area contributed by atoms with Crippen LogP contribution in [0.2, 0.25) is 0 Å². The van der Waals surface area contributed by atoms with Crippen LogP contribution < -0.4 is 0 Å². The zero-order valence-electron chi connectivity index (χ0n) is 6.92. The molecule has 1 fully saturated rings. The van der Waals surface area contributed by atoms with Crippen LogP contribution in [0.25, 0.3) is 0 Å². The molecular weight excluding hydrogens is 148 g/mol. The minimum atomic E-state index is 0.583. The molecule has 0 saturated carbocycles. The molecule has 1 saturated heterocycles. The lowest BCUT2D eigenvalue weighted by Crippen LogP contribution is -1.78. The zero-order valence-corrected chi connectivity index (χ0v) is 7.74. The molecule has 0 aromatic carbocycles. The van der Waals surface area contributed by atoms with Gasteiger partial charge in [-0.2, -0.15) is 0 Å². The Bertz CT molecular complexity index is 60.6. The minimum absolute atomic E-state index is 0.583. The van der Waals surface area contributed by atoms with Gasteiger partial charge in [0.05, 0.1) is 19.3 Å². The predicted octanol–water partition coefficient (Wildman–Crippen LogP) is 2.10. The first kappa shape index (κ1) is 10.3. The van der Waals surface area contributed by atoms with Crippen LogP contribution in [0.3, 0.4) is 0 Å². The van der Waals surface area contributed by atoms with Crippen LogP contribution in [0.5, 0.6) is 0 Å². The van der Waals surface area contributed by atoms with Crippen LogP contribution in [0.15, 0.2) is 0 Å². The van der Waals surface area contributed by atoms with Crippen molar-refractivity contribution < 1.29 is 8.92 Å². The first-order valence-corrected chi connectivity index (χ1v) is 4.73. The van der Waals surface area contributed by atoms with Gasteiger partial charge in [0.2, 0.25) is 0 Å². The largest absolute Gasteiger partial charge is 0.373 e. The molecule has 62 valence electrons. The van der Waals surface area contributed by atoms with Crippen molar-refractivity contribution in [2.75, 3.05) is 19.5 Å². The highest BCUT2D eigenvalue weighted by Crippen LogP contribution is 2.04. The summed E-state index contributed by atoms with van der Waals surface area (Å²) in [6, 6.07) is 0. The minimum Gasteiger partial charge on any atom is -0.373 e. The lowest BCUT2D eigenvalue weighted by atomic mass is 10.5. The SMILES string of the molecule is CC1CO1.CCCOSC. The number of hydrogen-bond acceptors (Lipinski definition) is 3. The van der Waals surface area contributed by atoms with Gasteiger partial charge in [-0.15, -0.1) is 0 Å². The van der Waals surface area contributed by atoms with Gasteiger partial charge in [-0.05, 0) is 25.4 Å². The summed E-state index contributed by atoms with van der Waals surface area (Å²) >= 11 is 1.43. The van der Waals surface area contributed by atoms with E-state index in [0.29, 0.717) is 6.10 Å². The molecule has 1 aliphatic heterocycles. The number of hydrogen-bond donors (Lipinski definition) is 0. The lowest BCUT2D eigenvalue weighted by molar-refractivity contribution is 0.375. The van der Waals surface area contributed by atoms with E-state index in [1.54, 1.807) is 0 Å². The summed E-state index contributed by atoms with van der Waals surface area (Å²) in [6.07, 6.45) is 3.62. The van der Waals surface area contributed by atoms with Crippen molar-refractivity contribution in [3.05, 3.63) is 0 Å². The molecule has 1 atom stereocenters. The third kappa shape index (κ3) is 11.1. The average molecular weight is 164 g/mol. The summed E-state index contributed by atoms with van der Waals surface area (Å²) in [6.45, 7) is 6.01. The topological polar surface area (TPSA) is 21.8 Å².